The summed E-state index contributed by atoms with van der Waals surface area (Å²) in [7, 11) is 0. The van der Waals surface area contributed by atoms with Crippen molar-refractivity contribution in [1.82, 2.24) is 5.32 Å². The number of hydrogen-bond acceptors (Lipinski definition) is 3. The average Bonchev–Trinajstić information content (AvgIpc) is 2.38. The molecule has 20 heavy (non-hydrogen) atoms. The molecule has 0 heterocycles. The number of halogens is 1. The fraction of sp³-hybridized carbons (Fsp3) is 0.533. The molecule has 1 atom stereocenters. The minimum absolute atomic E-state index is 0.0679. The Hall–Kier alpha value is -1.62. The van der Waals surface area contributed by atoms with Gasteiger partial charge in [-0.2, -0.15) is 0 Å². The van der Waals surface area contributed by atoms with Crippen LogP contribution < -0.4 is 5.32 Å². The zero-order valence-corrected chi connectivity index (χ0v) is 11.9. The lowest BCUT2D eigenvalue weighted by Gasteiger charge is -2.18. The molecule has 4 nitrogen and oxygen atoms in total. The highest BCUT2D eigenvalue weighted by Crippen LogP contribution is 2.18. The van der Waals surface area contributed by atoms with Gasteiger partial charge < -0.3 is 15.5 Å². The van der Waals surface area contributed by atoms with Crippen LogP contribution in [0.15, 0.2) is 18.2 Å². The number of aliphatic hydroxyl groups excluding tert-OH is 1. The number of nitrogens with one attached hydrogen (secondary N) is 1. The number of hydrogen-bond donors (Lipinski definition) is 3. The van der Waals surface area contributed by atoms with E-state index in [0.29, 0.717) is 18.9 Å². The maximum absolute atomic E-state index is 13.1. The molecule has 0 spiro atoms. The van der Waals surface area contributed by atoms with Crippen LogP contribution >= 0.6 is 0 Å². The first-order valence-electron chi connectivity index (χ1n) is 6.81. The highest BCUT2D eigenvalue weighted by Gasteiger charge is 2.15. The molecule has 1 unspecified atom stereocenters. The fourth-order valence-electron chi connectivity index (χ4n) is 2.17. The minimum atomic E-state index is -0.568. The number of rotatable bonds is 7. The number of phenolic OH excluding ortho intramolecular Hbond substituents is 1. The molecule has 1 aromatic rings. The number of aliphatic hydroxyl groups is 1. The second-order valence-electron chi connectivity index (χ2n) is 5.38. The molecular weight excluding hydrogens is 261 g/mol. The van der Waals surface area contributed by atoms with E-state index < -0.39 is 11.7 Å². The number of benzene rings is 1. The van der Waals surface area contributed by atoms with Crippen LogP contribution in [0.3, 0.4) is 0 Å². The van der Waals surface area contributed by atoms with Gasteiger partial charge in [0.1, 0.15) is 11.6 Å². The summed E-state index contributed by atoms with van der Waals surface area (Å²) in [6.07, 6.45) is 1.49. The van der Waals surface area contributed by atoms with Gasteiger partial charge in [-0.15, -0.1) is 0 Å². The van der Waals surface area contributed by atoms with E-state index in [4.69, 9.17) is 5.11 Å². The molecule has 0 aromatic heterocycles. The van der Waals surface area contributed by atoms with E-state index in [1.807, 2.05) is 0 Å². The van der Waals surface area contributed by atoms with E-state index in [2.05, 4.69) is 19.2 Å². The third-order valence-electron chi connectivity index (χ3n) is 3.10. The van der Waals surface area contributed by atoms with Gasteiger partial charge in [-0.25, -0.2) is 4.39 Å². The average molecular weight is 283 g/mol. The van der Waals surface area contributed by atoms with Gasteiger partial charge in [0, 0.05) is 13.2 Å². The van der Waals surface area contributed by atoms with Crippen molar-refractivity contribution >= 4 is 5.91 Å². The van der Waals surface area contributed by atoms with Crippen molar-refractivity contribution in [2.45, 2.75) is 26.7 Å². The lowest BCUT2D eigenvalue weighted by molar-refractivity contribution is 0.0938. The van der Waals surface area contributed by atoms with Gasteiger partial charge in [-0.3, -0.25) is 4.79 Å². The summed E-state index contributed by atoms with van der Waals surface area (Å²) in [6, 6.07) is 3.26. The molecule has 1 amide bonds. The summed E-state index contributed by atoms with van der Waals surface area (Å²) >= 11 is 0. The normalized spacial score (nSPS) is 12.4. The van der Waals surface area contributed by atoms with E-state index in [1.165, 1.54) is 0 Å². The second kappa shape index (κ2) is 7.85. The van der Waals surface area contributed by atoms with Gasteiger partial charge in [0.2, 0.25) is 0 Å². The summed E-state index contributed by atoms with van der Waals surface area (Å²) < 4.78 is 13.1. The minimum Gasteiger partial charge on any atom is -0.507 e. The molecule has 0 saturated carbocycles. The first-order chi connectivity index (χ1) is 9.43. The Morgan fingerprint density at radius 1 is 1.40 bits per heavy atom. The molecule has 0 radical (unpaired) electrons. The number of phenols is 1. The molecule has 0 bridgehead atoms. The highest BCUT2D eigenvalue weighted by molar-refractivity contribution is 5.96. The molecule has 5 heteroatoms. The van der Waals surface area contributed by atoms with Crippen molar-refractivity contribution < 1.29 is 19.4 Å². The summed E-state index contributed by atoms with van der Waals surface area (Å²) in [5, 5.41) is 21.2. The predicted octanol–water partition coefficient (Wildman–Crippen LogP) is 2.31. The van der Waals surface area contributed by atoms with Crippen molar-refractivity contribution in [2.75, 3.05) is 13.2 Å². The molecule has 112 valence electrons. The van der Waals surface area contributed by atoms with Crippen molar-refractivity contribution in [2.24, 2.45) is 11.8 Å². The Bertz CT molecular complexity index is 449. The summed E-state index contributed by atoms with van der Waals surface area (Å²) in [5.41, 5.74) is -0.0719. The number of carbonyl (C=O) groups excluding carboxylic acids is 1. The molecule has 0 saturated heterocycles. The van der Waals surface area contributed by atoms with Crippen molar-refractivity contribution in [3.63, 3.8) is 0 Å². The number of carbonyl (C=O) groups is 1. The Morgan fingerprint density at radius 3 is 2.70 bits per heavy atom. The van der Waals surface area contributed by atoms with Gasteiger partial charge in [0.05, 0.1) is 5.56 Å². The molecule has 0 fully saturated rings. The maximum Gasteiger partial charge on any atom is 0.255 e. The Labute approximate surface area is 118 Å². The van der Waals surface area contributed by atoms with Crippen LogP contribution in [0, 0.1) is 17.7 Å². The molecule has 3 N–H and O–H groups in total. The fourth-order valence-corrected chi connectivity index (χ4v) is 2.17. The summed E-state index contributed by atoms with van der Waals surface area (Å²) in [4.78, 5) is 11.9. The van der Waals surface area contributed by atoms with Crippen LogP contribution in [0.25, 0.3) is 0 Å². The van der Waals surface area contributed by atoms with E-state index in [1.54, 1.807) is 0 Å². The molecule has 1 rings (SSSR count). The molecule has 0 aliphatic rings. The lowest BCUT2D eigenvalue weighted by atomic mass is 9.94. The van der Waals surface area contributed by atoms with Crippen molar-refractivity contribution in [1.29, 1.82) is 0 Å². The van der Waals surface area contributed by atoms with Crippen molar-refractivity contribution in [3.8, 4) is 5.75 Å². The predicted molar refractivity (Wildman–Crippen MR) is 75.0 cm³/mol. The molecule has 0 aliphatic carbocycles. The third kappa shape index (κ3) is 5.17. The van der Waals surface area contributed by atoms with Gasteiger partial charge >= 0.3 is 0 Å². The van der Waals surface area contributed by atoms with E-state index in [9.17, 15) is 14.3 Å². The van der Waals surface area contributed by atoms with E-state index in [-0.39, 0.29) is 23.8 Å². The quantitative estimate of drug-likeness (QED) is 0.719. The zero-order chi connectivity index (χ0) is 15.1. The van der Waals surface area contributed by atoms with E-state index in [0.717, 1.165) is 24.6 Å². The highest BCUT2D eigenvalue weighted by atomic mass is 19.1. The van der Waals surface area contributed by atoms with Crippen LogP contribution in [0.2, 0.25) is 0 Å². The molecule has 0 aliphatic heterocycles. The lowest BCUT2D eigenvalue weighted by Crippen LogP contribution is -2.30. The van der Waals surface area contributed by atoms with Gasteiger partial charge in [-0.05, 0) is 42.9 Å². The van der Waals surface area contributed by atoms with Gasteiger partial charge in [-0.1, -0.05) is 13.8 Å². The summed E-state index contributed by atoms with van der Waals surface area (Å²) in [5.74, 6) is -0.687. The smallest absolute Gasteiger partial charge is 0.255 e. The largest absolute Gasteiger partial charge is 0.507 e. The standard InChI is InChI=1S/C15H22FNO3/c1-10(2)7-11(5-6-18)9-17-15(20)13-8-12(16)3-4-14(13)19/h3-4,8,10-11,18-19H,5-7,9H2,1-2H3,(H,17,20). The van der Waals surface area contributed by atoms with Crippen molar-refractivity contribution in [3.05, 3.63) is 29.6 Å². The van der Waals surface area contributed by atoms with E-state index >= 15 is 0 Å². The number of amides is 1. The Balaban J connectivity index is 2.62. The van der Waals surface area contributed by atoms with Crippen LogP contribution in [0.1, 0.15) is 37.0 Å². The van der Waals surface area contributed by atoms with Crippen LogP contribution in [0.4, 0.5) is 4.39 Å². The monoisotopic (exact) mass is 283 g/mol. The molecular formula is C15H22FNO3. The van der Waals surface area contributed by atoms with Crippen LogP contribution in [-0.2, 0) is 0 Å². The Kier molecular flexibility index (Phi) is 6.45. The zero-order valence-electron chi connectivity index (χ0n) is 11.9. The Morgan fingerprint density at radius 2 is 2.10 bits per heavy atom. The second-order valence-corrected chi connectivity index (χ2v) is 5.38. The first-order valence-corrected chi connectivity index (χ1v) is 6.81. The van der Waals surface area contributed by atoms with Gasteiger partial charge in [0.15, 0.2) is 0 Å². The number of aromatic hydroxyl groups is 1. The van der Waals surface area contributed by atoms with Gasteiger partial charge in [0.25, 0.3) is 5.91 Å². The summed E-state index contributed by atoms with van der Waals surface area (Å²) in [6.45, 7) is 4.61. The maximum atomic E-state index is 13.1. The SMILES string of the molecule is CC(C)CC(CCO)CNC(=O)c1cc(F)ccc1O. The molecule has 1 aromatic carbocycles. The third-order valence-corrected chi connectivity index (χ3v) is 3.10. The topological polar surface area (TPSA) is 69.6 Å². The first kappa shape index (κ1) is 16.4. The van der Waals surface area contributed by atoms with Crippen LogP contribution in [-0.4, -0.2) is 29.3 Å². The van der Waals surface area contributed by atoms with Crippen LogP contribution in [0.5, 0.6) is 5.75 Å².